The number of hydrogen-bond donors (Lipinski definition) is 1. The van der Waals surface area contributed by atoms with Gasteiger partial charge in [-0.1, -0.05) is 6.07 Å². The number of pyridine rings is 1. The highest BCUT2D eigenvalue weighted by Crippen LogP contribution is 2.24. The van der Waals surface area contributed by atoms with E-state index in [2.05, 4.69) is 4.98 Å². The van der Waals surface area contributed by atoms with Crippen molar-refractivity contribution < 1.29 is 9.13 Å². The van der Waals surface area contributed by atoms with E-state index in [1.54, 1.807) is 24.5 Å². The first kappa shape index (κ1) is 12.5. The first-order valence-corrected chi connectivity index (χ1v) is 5.81. The van der Waals surface area contributed by atoms with Gasteiger partial charge in [0.1, 0.15) is 11.6 Å². The highest BCUT2D eigenvalue weighted by atomic mass is 19.1. The van der Waals surface area contributed by atoms with Crippen molar-refractivity contribution in [1.82, 2.24) is 4.98 Å². The zero-order valence-corrected chi connectivity index (χ0v) is 10.2. The van der Waals surface area contributed by atoms with Crippen LogP contribution < -0.4 is 10.5 Å². The van der Waals surface area contributed by atoms with Gasteiger partial charge in [-0.3, -0.25) is 4.98 Å². The Morgan fingerprint density at radius 3 is 2.78 bits per heavy atom. The van der Waals surface area contributed by atoms with Crippen LogP contribution >= 0.6 is 0 Å². The third-order valence-corrected chi connectivity index (χ3v) is 2.62. The van der Waals surface area contributed by atoms with E-state index in [-0.39, 0.29) is 12.4 Å². The minimum Gasteiger partial charge on any atom is -0.492 e. The first-order valence-electron chi connectivity index (χ1n) is 5.81. The number of ether oxygens (including phenoxy) is 1. The average molecular weight is 246 g/mol. The van der Waals surface area contributed by atoms with Gasteiger partial charge < -0.3 is 10.5 Å². The quantitative estimate of drug-likeness (QED) is 0.902. The molecule has 0 saturated heterocycles. The fourth-order valence-electron chi connectivity index (χ4n) is 1.73. The van der Waals surface area contributed by atoms with Gasteiger partial charge in [0.05, 0.1) is 12.8 Å². The molecule has 0 bridgehead atoms. The summed E-state index contributed by atoms with van der Waals surface area (Å²) in [4.78, 5) is 4.11. The van der Waals surface area contributed by atoms with Crippen LogP contribution in [0.3, 0.4) is 0 Å². The molecule has 2 aromatic rings. The molecule has 0 saturated carbocycles. The van der Waals surface area contributed by atoms with Crippen LogP contribution in [0.5, 0.6) is 5.75 Å². The Balaban J connectivity index is 2.38. The Hall–Kier alpha value is -1.94. The summed E-state index contributed by atoms with van der Waals surface area (Å²) in [5.74, 6) is 0.420. The van der Waals surface area contributed by atoms with Crippen LogP contribution in [0, 0.1) is 5.82 Å². The van der Waals surface area contributed by atoms with Crippen molar-refractivity contribution in [2.45, 2.75) is 13.5 Å². The molecule has 0 radical (unpaired) electrons. The number of nitrogens with zero attached hydrogens (tertiary/aromatic N) is 1. The number of hydrogen-bond acceptors (Lipinski definition) is 3. The largest absolute Gasteiger partial charge is 0.492 e. The normalized spacial score (nSPS) is 10.4. The van der Waals surface area contributed by atoms with Crippen molar-refractivity contribution in [2.24, 2.45) is 5.73 Å². The second-order valence-electron chi connectivity index (χ2n) is 3.85. The van der Waals surface area contributed by atoms with Crippen molar-refractivity contribution in [3.63, 3.8) is 0 Å². The summed E-state index contributed by atoms with van der Waals surface area (Å²) in [5, 5.41) is 0. The van der Waals surface area contributed by atoms with Gasteiger partial charge in [0.2, 0.25) is 0 Å². The minimum absolute atomic E-state index is 0.179. The number of rotatable bonds is 4. The molecule has 18 heavy (non-hydrogen) atoms. The van der Waals surface area contributed by atoms with Gasteiger partial charge in [-0.25, -0.2) is 4.39 Å². The van der Waals surface area contributed by atoms with Gasteiger partial charge in [0.15, 0.2) is 0 Å². The van der Waals surface area contributed by atoms with E-state index in [1.807, 2.05) is 13.0 Å². The van der Waals surface area contributed by atoms with E-state index in [0.717, 1.165) is 11.1 Å². The van der Waals surface area contributed by atoms with Crippen LogP contribution in [0.4, 0.5) is 4.39 Å². The molecule has 0 aliphatic heterocycles. The molecule has 2 rings (SSSR count). The second kappa shape index (κ2) is 5.60. The Labute approximate surface area is 105 Å². The van der Waals surface area contributed by atoms with E-state index in [1.165, 1.54) is 6.07 Å². The molecule has 2 N–H and O–H groups in total. The summed E-state index contributed by atoms with van der Waals surface area (Å²) >= 11 is 0. The van der Waals surface area contributed by atoms with Gasteiger partial charge in [-0.15, -0.1) is 0 Å². The SMILES string of the molecule is CCOc1cncc(-c2ccc(F)c(CN)c2)c1. The summed E-state index contributed by atoms with van der Waals surface area (Å²) < 4.78 is 18.8. The molecule has 0 atom stereocenters. The molecular weight excluding hydrogens is 231 g/mol. The highest BCUT2D eigenvalue weighted by Gasteiger charge is 2.05. The maximum atomic E-state index is 13.4. The Morgan fingerprint density at radius 2 is 2.06 bits per heavy atom. The van der Waals surface area contributed by atoms with Crippen molar-refractivity contribution >= 4 is 0 Å². The number of aromatic nitrogens is 1. The van der Waals surface area contributed by atoms with Gasteiger partial charge in [0, 0.05) is 23.9 Å². The Morgan fingerprint density at radius 1 is 1.22 bits per heavy atom. The summed E-state index contributed by atoms with van der Waals surface area (Å²) in [7, 11) is 0. The first-order chi connectivity index (χ1) is 8.74. The molecule has 0 fully saturated rings. The lowest BCUT2D eigenvalue weighted by molar-refractivity contribution is 0.339. The number of benzene rings is 1. The fraction of sp³-hybridized carbons (Fsp3) is 0.214. The average Bonchev–Trinajstić information content (AvgIpc) is 2.40. The standard InChI is InChI=1S/C14H15FN2O/c1-2-18-13-6-12(8-17-9-13)10-3-4-14(15)11(5-10)7-16/h3-6,8-9H,2,7,16H2,1H3. The van der Waals surface area contributed by atoms with Crippen molar-refractivity contribution in [3.8, 4) is 16.9 Å². The van der Waals surface area contributed by atoms with Crippen LogP contribution in [0.25, 0.3) is 11.1 Å². The zero-order valence-electron chi connectivity index (χ0n) is 10.2. The van der Waals surface area contributed by atoms with Crippen molar-refractivity contribution in [2.75, 3.05) is 6.61 Å². The molecule has 1 aromatic carbocycles. The van der Waals surface area contributed by atoms with Crippen LogP contribution in [0.2, 0.25) is 0 Å². The summed E-state index contributed by atoms with van der Waals surface area (Å²) in [6.07, 6.45) is 3.37. The molecule has 94 valence electrons. The van der Waals surface area contributed by atoms with Crippen LogP contribution in [0.15, 0.2) is 36.7 Å². The van der Waals surface area contributed by atoms with Crippen LogP contribution in [0.1, 0.15) is 12.5 Å². The third kappa shape index (κ3) is 2.65. The van der Waals surface area contributed by atoms with Gasteiger partial charge in [-0.2, -0.15) is 0 Å². The Bertz CT molecular complexity index is 543. The van der Waals surface area contributed by atoms with Gasteiger partial charge >= 0.3 is 0 Å². The summed E-state index contributed by atoms with van der Waals surface area (Å²) in [5.41, 5.74) is 7.75. The molecule has 1 heterocycles. The zero-order chi connectivity index (χ0) is 13.0. The molecule has 4 heteroatoms. The highest BCUT2D eigenvalue weighted by molar-refractivity contribution is 5.64. The second-order valence-corrected chi connectivity index (χ2v) is 3.85. The molecule has 3 nitrogen and oxygen atoms in total. The molecule has 0 spiro atoms. The fourth-order valence-corrected chi connectivity index (χ4v) is 1.73. The van der Waals surface area contributed by atoms with Crippen LogP contribution in [-0.2, 0) is 6.54 Å². The lowest BCUT2D eigenvalue weighted by atomic mass is 10.0. The molecule has 1 aromatic heterocycles. The van der Waals surface area contributed by atoms with Gasteiger partial charge in [0.25, 0.3) is 0 Å². The monoisotopic (exact) mass is 246 g/mol. The molecule has 0 amide bonds. The smallest absolute Gasteiger partial charge is 0.138 e. The van der Waals surface area contributed by atoms with E-state index in [4.69, 9.17) is 10.5 Å². The maximum Gasteiger partial charge on any atom is 0.138 e. The third-order valence-electron chi connectivity index (χ3n) is 2.62. The molecule has 0 aliphatic carbocycles. The van der Waals surface area contributed by atoms with E-state index in [9.17, 15) is 4.39 Å². The predicted molar refractivity (Wildman–Crippen MR) is 68.7 cm³/mol. The Kier molecular flexibility index (Phi) is 3.89. The van der Waals surface area contributed by atoms with Gasteiger partial charge in [-0.05, 0) is 30.7 Å². The minimum atomic E-state index is -0.282. The topological polar surface area (TPSA) is 48.1 Å². The van der Waals surface area contributed by atoms with E-state index >= 15 is 0 Å². The van der Waals surface area contributed by atoms with E-state index < -0.39 is 0 Å². The summed E-state index contributed by atoms with van der Waals surface area (Å²) in [6.45, 7) is 2.68. The number of halogens is 1. The molecule has 0 unspecified atom stereocenters. The summed E-state index contributed by atoms with van der Waals surface area (Å²) in [6, 6.07) is 6.75. The predicted octanol–water partition coefficient (Wildman–Crippen LogP) is 2.75. The molecular formula is C14H15FN2O. The molecule has 0 aliphatic rings. The maximum absolute atomic E-state index is 13.4. The van der Waals surface area contributed by atoms with Crippen molar-refractivity contribution in [3.05, 3.63) is 48.0 Å². The number of nitrogens with two attached hydrogens (primary N) is 1. The van der Waals surface area contributed by atoms with Crippen molar-refractivity contribution in [1.29, 1.82) is 0 Å². The van der Waals surface area contributed by atoms with E-state index in [0.29, 0.717) is 17.9 Å². The lowest BCUT2D eigenvalue weighted by Gasteiger charge is -2.07. The van der Waals surface area contributed by atoms with Crippen LogP contribution in [-0.4, -0.2) is 11.6 Å². The lowest BCUT2D eigenvalue weighted by Crippen LogP contribution is -2.00.